The molecule has 7 heavy (non-hydrogen) atoms. The van der Waals surface area contributed by atoms with Crippen LogP contribution in [0.1, 0.15) is 0 Å². The van der Waals surface area contributed by atoms with Crippen LogP contribution in [0.25, 0.3) is 0 Å². The number of hydrogen-bond donors (Lipinski definition) is 1. The van der Waals surface area contributed by atoms with Crippen molar-refractivity contribution in [3.05, 3.63) is 4.91 Å². The molecule has 0 unspecified atom stereocenters. The fourth-order valence-electron chi connectivity index (χ4n) is 0. The van der Waals surface area contributed by atoms with Crippen molar-refractivity contribution < 1.29 is 13.1 Å². The van der Waals surface area contributed by atoms with Gasteiger partial charge in [0.1, 0.15) is 0 Å². The fourth-order valence-corrected chi connectivity index (χ4v) is 0. The van der Waals surface area contributed by atoms with E-state index < -0.39 is 11.6 Å². The highest BCUT2D eigenvalue weighted by molar-refractivity contribution is 7.51. The van der Waals surface area contributed by atoms with Gasteiger partial charge in [0.15, 0.2) is 0 Å². The van der Waals surface area contributed by atoms with Gasteiger partial charge in [-0.25, -0.2) is 0 Å². The van der Waals surface area contributed by atoms with Crippen molar-refractivity contribution in [1.29, 1.82) is 5.59 Å². The molecule has 0 rings (SSSR count). The van der Waals surface area contributed by atoms with Crippen LogP contribution >= 0.6 is 12.4 Å². The quantitative estimate of drug-likeness (QED) is 0.504. The van der Waals surface area contributed by atoms with Crippen molar-refractivity contribution in [2.24, 2.45) is 0 Å². The summed E-state index contributed by atoms with van der Waals surface area (Å²) in [4.78, 5) is 7.50. The summed E-state index contributed by atoms with van der Waals surface area (Å²) < 4.78 is 16.6. The van der Waals surface area contributed by atoms with Crippen LogP contribution < -0.4 is 0 Å². The Labute approximate surface area is 48.4 Å². The first kappa shape index (κ1) is 30.3. The highest BCUT2D eigenvalue weighted by atomic mass is 35.5. The topological polar surface area (TPSA) is 75.1 Å². The van der Waals surface area contributed by atoms with E-state index in [0.29, 0.717) is 0 Å². The predicted octanol–water partition coefficient (Wildman–Crippen LogP) is 0.236. The monoisotopic (exact) mass is 151 g/mol. The molecule has 0 saturated heterocycles. The molecule has 0 spiro atoms. The van der Waals surface area contributed by atoms with E-state index in [1.54, 1.807) is 0 Å². The van der Waals surface area contributed by atoms with Crippen molar-refractivity contribution in [2.75, 3.05) is 0 Å². The maximum atomic E-state index is 8.29. The largest absolute Gasteiger partial charge is 0.335 e. The van der Waals surface area contributed by atoms with Crippen LogP contribution in [-0.2, 0) is 11.6 Å². The molecule has 0 aromatic carbocycles. The van der Waals surface area contributed by atoms with Gasteiger partial charge in [0.05, 0.1) is 0 Å². The molecule has 0 amide bonds. The molecule has 0 fully saturated rings. The van der Waals surface area contributed by atoms with Crippen LogP contribution in [0, 0.1) is 10.5 Å². The average Bonchev–Trinajstić information content (AvgIpc) is 1.46. The van der Waals surface area contributed by atoms with E-state index in [0.717, 1.165) is 0 Å². The van der Waals surface area contributed by atoms with Crippen molar-refractivity contribution in [3.8, 4) is 0 Å². The molecule has 0 aliphatic carbocycles. The Morgan fingerprint density at radius 2 is 1.14 bits per heavy atom. The van der Waals surface area contributed by atoms with Gasteiger partial charge < -0.3 is 0 Å². The second-order valence-electron chi connectivity index (χ2n) is 0.0680. The molecule has 46 valence electrons. The Hall–Kier alpha value is -0.360. The van der Waals surface area contributed by atoms with E-state index in [-0.39, 0.29) is 17.1 Å². The number of nitrogens with one attached hydrogen (secondary N) is 1. The van der Waals surface area contributed by atoms with E-state index in [9.17, 15) is 0 Å². The second kappa shape index (κ2) is 296. The number of hydrogen-bond acceptors (Lipinski definition) is 4. The normalized spacial score (nSPS) is 2.29. The Balaban J connectivity index is -0.0000000105. The van der Waals surface area contributed by atoms with Gasteiger partial charge in [-0.2, -0.15) is 13.3 Å². The lowest BCUT2D eigenvalue weighted by molar-refractivity contribution is 0.630. The van der Waals surface area contributed by atoms with Crippen LogP contribution in [0.3, 0.4) is 0 Å². The lowest BCUT2D eigenvalue weighted by atomic mass is 13.8. The molecule has 4 nitrogen and oxygen atoms in total. The average molecular weight is 152 g/mol. The SMILES string of the molecule is Cl.F.N=O.O=S=O. The third kappa shape index (κ3) is 577. The summed E-state index contributed by atoms with van der Waals surface area (Å²) in [6.45, 7) is 0. The van der Waals surface area contributed by atoms with Gasteiger partial charge in [0, 0.05) is 0 Å². The van der Waals surface area contributed by atoms with Crippen molar-refractivity contribution >= 4 is 24.0 Å². The number of halogens is 2. The first-order valence-corrected chi connectivity index (χ1v) is 1.20. The molecule has 0 saturated carbocycles. The molecule has 1 N–H and O–H groups in total. The zero-order chi connectivity index (χ0) is 4.71. The summed E-state index contributed by atoms with van der Waals surface area (Å²) in [6, 6.07) is 0. The van der Waals surface area contributed by atoms with E-state index in [1.165, 1.54) is 0 Å². The molecule has 0 bridgehead atoms. The van der Waals surface area contributed by atoms with Crippen LogP contribution in [-0.4, -0.2) is 8.42 Å². The minimum Gasteiger partial charge on any atom is -0.269 e. The summed E-state index contributed by atoms with van der Waals surface area (Å²) in [5.74, 6) is 0. The van der Waals surface area contributed by atoms with Crippen LogP contribution in [0.5, 0.6) is 0 Å². The molecule has 0 heterocycles. The van der Waals surface area contributed by atoms with Crippen molar-refractivity contribution in [3.63, 3.8) is 0 Å². The van der Waals surface area contributed by atoms with Crippen LogP contribution in [0.4, 0.5) is 4.70 Å². The molecule has 0 atom stereocenters. The van der Waals surface area contributed by atoms with E-state index in [1.807, 2.05) is 0 Å². The Bertz CT molecular complexity index is 44.2. The predicted molar refractivity (Wildman–Crippen MR) is 24.8 cm³/mol. The highest BCUT2D eigenvalue weighted by Gasteiger charge is 1.12. The minimum atomic E-state index is -0.750. The molecular formula is H3ClFNO3S. The molecule has 0 radical (unpaired) electrons. The zero-order valence-corrected chi connectivity index (χ0v) is 4.58. The van der Waals surface area contributed by atoms with Crippen molar-refractivity contribution in [2.45, 2.75) is 0 Å². The highest BCUT2D eigenvalue weighted by Crippen LogP contribution is 0.846. The molecule has 0 aliphatic heterocycles. The Morgan fingerprint density at radius 3 is 1.14 bits per heavy atom. The fraction of sp³-hybridized carbons (Fsp3) is 0. The van der Waals surface area contributed by atoms with Crippen molar-refractivity contribution in [1.82, 2.24) is 0 Å². The van der Waals surface area contributed by atoms with Gasteiger partial charge in [-0.1, -0.05) is 5.59 Å². The summed E-state index contributed by atoms with van der Waals surface area (Å²) >= 11 is -0.750. The molecular weight excluding hydrogens is 149 g/mol. The summed E-state index contributed by atoms with van der Waals surface area (Å²) in [7, 11) is 0. The summed E-state index contributed by atoms with van der Waals surface area (Å²) in [5, 5.41) is 0. The van der Waals surface area contributed by atoms with Gasteiger partial charge in [0.25, 0.3) is 0 Å². The van der Waals surface area contributed by atoms with Gasteiger partial charge in [-0.05, 0) is 0 Å². The zero-order valence-electron chi connectivity index (χ0n) is 2.95. The van der Waals surface area contributed by atoms with Gasteiger partial charge in [-0.15, -0.1) is 12.4 Å². The summed E-state index contributed by atoms with van der Waals surface area (Å²) in [5.41, 5.74) is 4.50. The third-order valence-electron chi connectivity index (χ3n) is 0. The Morgan fingerprint density at radius 1 is 1.14 bits per heavy atom. The first-order valence-electron chi connectivity index (χ1n) is 0.537. The Kier molecular flexibility index (Phi) is 1280. The lowest BCUT2D eigenvalue weighted by Gasteiger charge is -0.947. The standard InChI is InChI=1S/ClH.FH.HNO.O2S/c;;1-2;1-3-2/h2*1H;1H;. The van der Waals surface area contributed by atoms with Crippen LogP contribution in [0.2, 0.25) is 0 Å². The third-order valence-corrected chi connectivity index (χ3v) is 0. The molecule has 0 aliphatic rings. The summed E-state index contributed by atoms with van der Waals surface area (Å²) in [6.07, 6.45) is 0. The molecule has 0 aromatic heterocycles. The maximum absolute atomic E-state index is 8.29. The van der Waals surface area contributed by atoms with E-state index in [4.69, 9.17) is 13.3 Å². The number of nitroso groups, excluding NO2 is 1. The van der Waals surface area contributed by atoms with Crippen LogP contribution in [0.15, 0.2) is 0 Å². The van der Waals surface area contributed by atoms with E-state index in [2.05, 4.69) is 5.59 Å². The first-order chi connectivity index (χ1) is 2.41. The van der Waals surface area contributed by atoms with Gasteiger partial charge >= 0.3 is 11.6 Å². The lowest BCUT2D eigenvalue weighted by Crippen LogP contribution is -1.18. The van der Waals surface area contributed by atoms with Gasteiger partial charge in [-0.3, -0.25) is 4.70 Å². The second-order valence-corrected chi connectivity index (χ2v) is 0.204. The number of rotatable bonds is 0. The van der Waals surface area contributed by atoms with E-state index >= 15 is 0 Å². The minimum absolute atomic E-state index is 0. The maximum Gasteiger partial charge on any atom is 0.335 e. The molecule has 0 aromatic rings. The molecule has 7 heteroatoms. The van der Waals surface area contributed by atoms with Gasteiger partial charge in [0.2, 0.25) is 0 Å². The smallest absolute Gasteiger partial charge is 0.269 e.